The average Bonchev–Trinajstić information content (AvgIpc) is 3.09. The van der Waals surface area contributed by atoms with Gasteiger partial charge >= 0.3 is 0 Å². The molecular weight excluding hydrogens is 627 g/mol. The molecule has 254 valence electrons. The molecule has 0 fully saturated rings. The van der Waals surface area contributed by atoms with Crippen molar-refractivity contribution in [2.75, 3.05) is 25.1 Å². The minimum absolute atomic E-state index is 0.0270. The molecule has 0 saturated carbocycles. The maximum Gasteiger partial charge on any atom is 0.264 e. The van der Waals surface area contributed by atoms with E-state index in [4.69, 9.17) is 9.47 Å². The molecule has 0 saturated heterocycles. The summed E-state index contributed by atoms with van der Waals surface area (Å²) < 4.78 is 40.9. The van der Waals surface area contributed by atoms with E-state index < -0.39 is 28.5 Å². The Balaban J connectivity index is 1.87. The van der Waals surface area contributed by atoms with Crippen molar-refractivity contribution >= 4 is 27.5 Å². The Morgan fingerprint density at radius 1 is 0.812 bits per heavy atom. The summed E-state index contributed by atoms with van der Waals surface area (Å²) in [7, 11) is -1.26. The molecule has 0 aliphatic heterocycles. The van der Waals surface area contributed by atoms with Gasteiger partial charge in [0.15, 0.2) is 0 Å². The summed E-state index contributed by atoms with van der Waals surface area (Å²) >= 11 is 0. The van der Waals surface area contributed by atoms with E-state index in [1.807, 2.05) is 76.2 Å². The van der Waals surface area contributed by atoms with Crippen LogP contribution in [0.5, 0.6) is 11.5 Å². The van der Waals surface area contributed by atoms with Gasteiger partial charge in [-0.05, 0) is 80.3 Å². The zero-order valence-corrected chi connectivity index (χ0v) is 29.3. The number of benzene rings is 4. The summed E-state index contributed by atoms with van der Waals surface area (Å²) in [5.74, 6) is -0.00163. The van der Waals surface area contributed by atoms with Crippen molar-refractivity contribution in [3.8, 4) is 11.5 Å². The minimum atomic E-state index is -4.27. The van der Waals surface area contributed by atoms with Gasteiger partial charge in [-0.3, -0.25) is 13.9 Å². The van der Waals surface area contributed by atoms with E-state index >= 15 is 0 Å². The molecule has 4 aromatic carbocycles. The van der Waals surface area contributed by atoms with Crippen molar-refractivity contribution in [2.24, 2.45) is 0 Å². The average molecular weight is 672 g/mol. The van der Waals surface area contributed by atoms with Crippen LogP contribution < -0.4 is 19.1 Å². The van der Waals surface area contributed by atoms with E-state index in [0.29, 0.717) is 17.9 Å². The second-order valence-corrected chi connectivity index (χ2v) is 13.8. The molecule has 0 radical (unpaired) electrons. The van der Waals surface area contributed by atoms with E-state index in [2.05, 4.69) is 5.32 Å². The normalized spacial score (nSPS) is 12.5. The van der Waals surface area contributed by atoms with Gasteiger partial charge in [-0.2, -0.15) is 0 Å². The highest BCUT2D eigenvalue weighted by atomic mass is 32.2. The standard InChI is InChI=1S/C38H45N3O6S/c1-7-29(4)39-38(43)35(24-30-12-9-8-10-13-30)40(25-31-14-11-15-32(23-31)46-5)37(42)26-41(34-22-28(3)18-21-36(34)47-6)48(44,45)33-19-16-27(2)17-20-33/h8-23,29,35H,7,24-26H2,1-6H3,(H,39,43)/t29-,35-/m0/s1. The molecule has 0 bridgehead atoms. The molecule has 10 heteroatoms. The first kappa shape index (κ1) is 36.0. The number of methoxy groups -OCH3 is 2. The van der Waals surface area contributed by atoms with E-state index in [9.17, 15) is 18.0 Å². The predicted molar refractivity (Wildman–Crippen MR) is 189 cm³/mol. The lowest BCUT2D eigenvalue weighted by Crippen LogP contribution is -2.54. The van der Waals surface area contributed by atoms with Crippen molar-refractivity contribution in [3.63, 3.8) is 0 Å². The highest BCUT2D eigenvalue weighted by Crippen LogP contribution is 2.34. The molecule has 0 heterocycles. The van der Waals surface area contributed by atoms with Crippen LogP contribution in [0.15, 0.2) is 102 Å². The quantitative estimate of drug-likeness (QED) is 0.165. The summed E-state index contributed by atoms with van der Waals surface area (Å²) in [6.07, 6.45) is 0.917. The van der Waals surface area contributed by atoms with Crippen LogP contribution >= 0.6 is 0 Å². The lowest BCUT2D eigenvalue weighted by molar-refractivity contribution is -0.140. The first-order valence-corrected chi connectivity index (χ1v) is 17.4. The molecule has 0 unspecified atom stereocenters. The van der Waals surface area contributed by atoms with Crippen LogP contribution in [0.3, 0.4) is 0 Å². The number of hydrogen-bond acceptors (Lipinski definition) is 6. The Kier molecular flexibility index (Phi) is 12.2. The second-order valence-electron chi connectivity index (χ2n) is 11.9. The first-order valence-electron chi connectivity index (χ1n) is 16.0. The van der Waals surface area contributed by atoms with Crippen LogP contribution in [0, 0.1) is 13.8 Å². The van der Waals surface area contributed by atoms with Gasteiger partial charge in [0.25, 0.3) is 10.0 Å². The molecule has 9 nitrogen and oxygen atoms in total. The first-order chi connectivity index (χ1) is 23.0. The highest BCUT2D eigenvalue weighted by Gasteiger charge is 2.36. The largest absolute Gasteiger partial charge is 0.497 e. The van der Waals surface area contributed by atoms with E-state index in [-0.39, 0.29) is 35.5 Å². The second kappa shape index (κ2) is 16.3. The molecule has 1 N–H and O–H groups in total. The third-order valence-electron chi connectivity index (χ3n) is 8.25. The summed E-state index contributed by atoms with van der Waals surface area (Å²) in [4.78, 5) is 30.3. The van der Waals surface area contributed by atoms with E-state index in [0.717, 1.165) is 26.6 Å². The summed E-state index contributed by atoms with van der Waals surface area (Å²) in [6.45, 7) is 7.04. The van der Waals surface area contributed by atoms with Crippen LogP contribution in [0.2, 0.25) is 0 Å². The maximum atomic E-state index is 14.8. The molecule has 4 rings (SSSR count). The summed E-state index contributed by atoms with van der Waals surface area (Å²) in [6, 6.07) is 27.3. The summed E-state index contributed by atoms with van der Waals surface area (Å²) in [5.41, 5.74) is 3.47. The Labute approximate surface area is 284 Å². The number of rotatable bonds is 15. The number of amides is 2. The molecule has 48 heavy (non-hydrogen) atoms. The van der Waals surface area contributed by atoms with E-state index in [1.165, 1.54) is 24.1 Å². The Morgan fingerprint density at radius 3 is 2.12 bits per heavy atom. The maximum absolute atomic E-state index is 14.8. The van der Waals surface area contributed by atoms with E-state index in [1.54, 1.807) is 43.5 Å². The third kappa shape index (κ3) is 8.95. The Morgan fingerprint density at radius 2 is 1.48 bits per heavy atom. The molecule has 0 spiro atoms. The van der Waals surface area contributed by atoms with Gasteiger partial charge in [-0.15, -0.1) is 0 Å². The number of hydrogen-bond donors (Lipinski definition) is 1. The summed E-state index contributed by atoms with van der Waals surface area (Å²) in [5, 5.41) is 3.06. The fourth-order valence-corrected chi connectivity index (χ4v) is 6.72. The predicted octanol–water partition coefficient (Wildman–Crippen LogP) is 6.07. The molecule has 4 aromatic rings. The van der Waals surface area contributed by atoms with Crippen LogP contribution in [-0.4, -0.2) is 58.0 Å². The van der Waals surface area contributed by atoms with Crippen molar-refractivity contribution in [1.82, 2.24) is 10.2 Å². The van der Waals surface area contributed by atoms with Crippen LogP contribution in [-0.2, 0) is 32.6 Å². The molecule has 2 atom stereocenters. The number of anilines is 1. The van der Waals surface area contributed by atoms with Gasteiger partial charge in [0.05, 0.1) is 24.8 Å². The number of ether oxygens (including phenoxy) is 2. The smallest absolute Gasteiger partial charge is 0.264 e. The van der Waals surface area contributed by atoms with Gasteiger partial charge in [0.2, 0.25) is 11.8 Å². The fourth-order valence-electron chi connectivity index (χ4n) is 5.31. The van der Waals surface area contributed by atoms with Crippen molar-refractivity contribution in [1.29, 1.82) is 0 Å². The van der Waals surface area contributed by atoms with Gasteiger partial charge in [-0.25, -0.2) is 8.42 Å². The van der Waals surface area contributed by atoms with Crippen LogP contribution in [0.25, 0.3) is 0 Å². The lowest BCUT2D eigenvalue weighted by atomic mass is 10.0. The Hall–Kier alpha value is -4.83. The molecule has 0 aliphatic carbocycles. The topological polar surface area (TPSA) is 105 Å². The Bertz CT molecular complexity index is 1800. The van der Waals surface area contributed by atoms with Crippen LogP contribution in [0.4, 0.5) is 5.69 Å². The number of nitrogens with one attached hydrogen (secondary N) is 1. The van der Waals surface area contributed by atoms with Crippen molar-refractivity contribution in [3.05, 3.63) is 119 Å². The lowest BCUT2D eigenvalue weighted by Gasteiger charge is -2.34. The number of carbonyl (C=O) groups excluding carboxylic acids is 2. The van der Waals surface area contributed by atoms with Gasteiger partial charge in [0.1, 0.15) is 24.1 Å². The van der Waals surface area contributed by atoms with Gasteiger partial charge in [0, 0.05) is 19.0 Å². The SMILES string of the molecule is CC[C@H](C)NC(=O)[C@H](Cc1ccccc1)N(Cc1cccc(OC)c1)C(=O)CN(c1cc(C)ccc1OC)S(=O)(=O)c1ccc(C)cc1. The number of aryl methyl sites for hydroxylation is 2. The number of sulfonamides is 1. The molecule has 2 amide bonds. The highest BCUT2D eigenvalue weighted by molar-refractivity contribution is 7.92. The number of nitrogens with zero attached hydrogens (tertiary/aromatic N) is 2. The molecule has 0 aromatic heterocycles. The van der Waals surface area contributed by atoms with Gasteiger partial charge < -0.3 is 19.7 Å². The monoisotopic (exact) mass is 671 g/mol. The zero-order chi connectivity index (χ0) is 34.8. The van der Waals surface area contributed by atoms with Crippen molar-refractivity contribution < 1.29 is 27.5 Å². The zero-order valence-electron chi connectivity index (χ0n) is 28.5. The van der Waals surface area contributed by atoms with Gasteiger partial charge in [-0.1, -0.05) is 73.2 Å². The van der Waals surface area contributed by atoms with Crippen LogP contribution in [0.1, 0.15) is 42.5 Å². The fraction of sp³-hybridized carbons (Fsp3) is 0.316. The third-order valence-corrected chi connectivity index (χ3v) is 10.0. The molecule has 0 aliphatic rings. The van der Waals surface area contributed by atoms with Crippen molar-refractivity contribution in [2.45, 2.75) is 64.1 Å². The molecular formula is C38H45N3O6S. The number of carbonyl (C=O) groups is 2. The minimum Gasteiger partial charge on any atom is -0.497 e.